The summed E-state index contributed by atoms with van der Waals surface area (Å²) in [4.78, 5) is 31.3. The Balaban J connectivity index is 1.63. The average molecular weight is 374 g/mol. The predicted molar refractivity (Wildman–Crippen MR) is 98.7 cm³/mol. The lowest BCUT2D eigenvalue weighted by molar-refractivity contribution is -0.121. The number of carbonyl (C=O) groups is 1. The standard InChI is InChI=1S/C19H17ClFN3O2/c1-11(12-6-7-15(21)14(20)10-12)22-18(25)9-8-17-23-16-5-3-2-4-13(16)19(26)24-17/h2-7,10-11H,8-9H2,1H3,(H,22,25)(H,23,24,26). The zero-order valence-corrected chi connectivity index (χ0v) is 14.8. The quantitative estimate of drug-likeness (QED) is 0.718. The number of H-pyrrole nitrogens is 1. The monoisotopic (exact) mass is 373 g/mol. The van der Waals surface area contributed by atoms with E-state index in [4.69, 9.17) is 11.6 Å². The number of hydrogen-bond donors (Lipinski definition) is 2. The van der Waals surface area contributed by atoms with E-state index in [1.165, 1.54) is 12.1 Å². The molecular formula is C19H17ClFN3O2. The Morgan fingerprint density at radius 3 is 2.85 bits per heavy atom. The number of amides is 1. The van der Waals surface area contributed by atoms with Crippen LogP contribution in [0.25, 0.3) is 10.9 Å². The second-order valence-corrected chi connectivity index (χ2v) is 6.40. The SMILES string of the molecule is CC(NC(=O)CCc1nc2ccccc2c(=O)[nH]1)c1ccc(F)c(Cl)c1. The van der Waals surface area contributed by atoms with Crippen molar-refractivity contribution in [1.29, 1.82) is 0 Å². The Labute approximate surface area is 154 Å². The summed E-state index contributed by atoms with van der Waals surface area (Å²) in [6, 6.07) is 11.1. The van der Waals surface area contributed by atoms with Gasteiger partial charge < -0.3 is 10.3 Å². The second-order valence-electron chi connectivity index (χ2n) is 5.99. The summed E-state index contributed by atoms with van der Waals surface area (Å²) in [5.74, 6) is -0.240. The van der Waals surface area contributed by atoms with Crippen molar-refractivity contribution in [2.24, 2.45) is 0 Å². The maximum atomic E-state index is 13.2. The molecule has 0 aliphatic rings. The zero-order valence-electron chi connectivity index (χ0n) is 14.1. The van der Waals surface area contributed by atoms with Crippen LogP contribution in [-0.4, -0.2) is 15.9 Å². The van der Waals surface area contributed by atoms with Crippen molar-refractivity contribution in [3.8, 4) is 0 Å². The fraction of sp³-hybridized carbons (Fsp3) is 0.211. The van der Waals surface area contributed by atoms with Gasteiger partial charge in [0.15, 0.2) is 0 Å². The predicted octanol–water partition coefficient (Wildman–Crippen LogP) is 3.53. The summed E-state index contributed by atoms with van der Waals surface area (Å²) in [6.45, 7) is 1.79. The Hall–Kier alpha value is -2.73. The van der Waals surface area contributed by atoms with E-state index in [-0.39, 0.29) is 29.0 Å². The second kappa shape index (κ2) is 7.66. The highest BCUT2D eigenvalue weighted by atomic mass is 35.5. The molecule has 3 aromatic rings. The molecule has 0 aliphatic heterocycles. The third-order valence-electron chi connectivity index (χ3n) is 4.07. The van der Waals surface area contributed by atoms with E-state index in [0.29, 0.717) is 28.7 Å². The minimum absolute atomic E-state index is 0.0153. The van der Waals surface area contributed by atoms with Gasteiger partial charge in [-0.3, -0.25) is 9.59 Å². The Morgan fingerprint density at radius 2 is 2.08 bits per heavy atom. The van der Waals surface area contributed by atoms with Crippen LogP contribution in [-0.2, 0) is 11.2 Å². The first-order chi connectivity index (χ1) is 12.4. The highest BCUT2D eigenvalue weighted by Crippen LogP contribution is 2.20. The average Bonchev–Trinajstić information content (AvgIpc) is 2.62. The Morgan fingerprint density at radius 1 is 1.31 bits per heavy atom. The van der Waals surface area contributed by atoms with E-state index in [9.17, 15) is 14.0 Å². The van der Waals surface area contributed by atoms with Crippen LogP contribution in [0.15, 0.2) is 47.3 Å². The van der Waals surface area contributed by atoms with Crippen molar-refractivity contribution < 1.29 is 9.18 Å². The molecule has 1 amide bonds. The molecular weight excluding hydrogens is 357 g/mol. The molecule has 1 unspecified atom stereocenters. The molecule has 2 aromatic carbocycles. The minimum atomic E-state index is -0.500. The van der Waals surface area contributed by atoms with Gasteiger partial charge >= 0.3 is 0 Å². The van der Waals surface area contributed by atoms with Gasteiger partial charge in [0, 0.05) is 12.8 Å². The molecule has 0 fully saturated rings. The first-order valence-corrected chi connectivity index (χ1v) is 8.54. The van der Waals surface area contributed by atoms with E-state index in [0.717, 1.165) is 0 Å². The van der Waals surface area contributed by atoms with E-state index < -0.39 is 5.82 Å². The number of hydrogen-bond acceptors (Lipinski definition) is 3. The van der Waals surface area contributed by atoms with Crippen LogP contribution in [0.4, 0.5) is 4.39 Å². The smallest absolute Gasteiger partial charge is 0.258 e. The van der Waals surface area contributed by atoms with Gasteiger partial charge in [-0.05, 0) is 36.8 Å². The van der Waals surface area contributed by atoms with Gasteiger partial charge in [-0.25, -0.2) is 9.37 Å². The number of aromatic amines is 1. The van der Waals surface area contributed by atoms with E-state index in [1.54, 1.807) is 37.3 Å². The molecule has 0 saturated carbocycles. The van der Waals surface area contributed by atoms with E-state index >= 15 is 0 Å². The van der Waals surface area contributed by atoms with Gasteiger partial charge in [-0.2, -0.15) is 0 Å². The molecule has 0 saturated heterocycles. The van der Waals surface area contributed by atoms with Crippen LogP contribution in [0.5, 0.6) is 0 Å². The van der Waals surface area contributed by atoms with Crippen LogP contribution in [0.3, 0.4) is 0 Å². The van der Waals surface area contributed by atoms with Crippen molar-refractivity contribution in [1.82, 2.24) is 15.3 Å². The van der Waals surface area contributed by atoms with Crippen LogP contribution < -0.4 is 10.9 Å². The molecule has 134 valence electrons. The molecule has 0 spiro atoms. The molecule has 0 bridgehead atoms. The van der Waals surface area contributed by atoms with Crippen molar-refractivity contribution in [2.45, 2.75) is 25.8 Å². The third kappa shape index (κ3) is 4.08. The minimum Gasteiger partial charge on any atom is -0.350 e. The number of para-hydroxylation sites is 1. The van der Waals surface area contributed by atoms with Crippen LogP contribution >= 0.6 is 11.6 Å². The van der Waals surface area contributed by atoms with Gasteiger partial charge in [0.2, 0.25) is 5.91 Å². The van der Waals surface area contributed by atoms with Crippen LogP contribution in [0.2, 0.25) is 5.02 Å². The van der Waals surface area contributed by atoms with Crippen molar-refractivity contribution in [3.63, 3.8) is 0 Å². The number of rotatable bonds is 5. The largest absolute Gasteiger partial charge is 0.350 e. The Bertz CT molecular complexity index is 1020. The summed E-state index contributed by atoms with van der Waals surface area (Å²) in [5.41, 5.74) is 1.09. The summed E-state index contributed by atoms with van der Waals surface area (Å²) < 4.78 is 13.2. The van der Waals surface area contributed by atoms with Crippen molar-refractivity contribution in [2.75, 3.05) is 0 Å². The molecule has 7 heteroatoms. The van der Waals surface area contributed by atoms with Crippen LogP contribution in [0, 0.1) is 5.82 Å². The lowest BCUT2D eigenvalue weighted by Gasteiger charge is -2.14. The zero-order chi connectivity index (χ0) is 18.7. The first-order valence-electron chi connectivity index (χ1n) is 8.16. The third-order valence-corrected chi connectivity index (χ3v) is 4.36. The van der Waals surface area contributed by atoms with Gasteiger partial charge in [-0.1, -0.05) is 29.8 Å². The highest BCUT2D eigenvalue weighted by molar-refractivity contribution is 6.30. The van der Waals surface area contributed by atoms with Gasteiger partial charge in [0.05, 0.1) is 22.0 Å². The van der Waals surface area contributed by atoms with E-state index in [1.807, 2.05) is 0 Å². The molecule has 3 rings (SSSR count). The summed E-state index contributed by atoms with van der Waals surface area (Å²) >= 11 is 5.77. The number of aryl methyl sites for hydroxylation is 1. The number of nitrogens with zero attached hydrogens (tertiary/aromatic N) is 1. The summed E-state index contributed by atoms with van der Waals surface area (Å²) in [6.07, 6.45) is 0.476. The number of carbonyl (C=O) groups excluding carboxylic acids is 1. The van der Waals surface area contributed by atoms with Gasteiger partial charge in [-0.15, -0.1) is 0 Å². The molecule has 0 radical (unpaired) electrons. The Kier molecular flexibility index (Phi) is 5.32. The number of benzene rings is 2. The number of halogens is 2. The van der Waals surface area contributed by atoms with Gasteiger partial charge in [0.25, 0.3) is 5.56 Å². The topological polar surface area (TPSA) is 74.8 Å². The number of fused-ring (bicyclic) bond motifs is 1. The van der Waals surface area contributed by atoms with Crippen molar-refractivity contribution in [3.05, 3.63) is 75.0 Å². The first kappa shape index (κ1) is 18.1. The molecule has 0 aliphatic carbocycles. The summed E-state index contributed by atoms with van der Waals surface area (Å²) in [5, 5.41) is 3.36. The van der Waals surface area contributed by atoms with Crippen molar-refractivity contribution >= 4 is 28.4 Å². The fourth-order valence-corrected chi connectivity index (χ4v) is 2.85. The maximum absolute atomic E-state index is 13.2. The lowest BCUT2D eigenvalue weighted by Crippen LogP contribution is -2.27. The summed E-state index contributed by atoms with van der Waals surface area (Å²) in [7, 11) is 0. The highest BCUT2D eigenvalue weighted by Gasteiger charge is 2.12. The molecule has 1 atom stereocenters. The van der Waals surface area contributed by atoms with Crippen LogP contribution in [0.1, 0.15) is 30.8 Å². The molecule has 1 aromatic heterocycles. The fourth-order valence-electron chi connectivity index (χ4n) is 2.66. The molecule has 2 N–H and O–H groups in total. The van der Waals surface area contributed by atoms with Gasteiger partial charge in [0.1, 0.15) is 11.6 Å². The molecule has 1 heterocycles. The normalized spacial score (nSPS) is 12.1. The molecule has 5 nitrogen and oxygen atoms in total. The number of nitrogens with one attached hydrogen (secondary N) is 2. The molecule has 26 heavy (non-hydrogen) atoms. The number of aromatic nitrogens is 2. The maximum Gasteiger partial charge on any atom is 0.258 e. The van der Waals surface area contributed by atoms with E-state index in [2.05, 4.69) is 15.3 Å². The lowest BCUT2D eigenvalue weighted by atomic mass is 10.1.